The van der Waals surface area contributed by atoms with E-state index in [0.717, 1.165) is 22.8 Å². The Hall–Kier alpha value is -0.490. The van der Waals surface area contributed by atoms with Crippen molar-refractivity contribution in [3.63, 3.8) is 0 Å². The summed E-state index contributed by atoms with van der Waals surface area (Å²) in [6, 6.07) is 8.49. The second kappa shape index (κ2) is 3.27. The molecule has 3 atom stereocenters. The van der Waals surface area contributed by atoms with Gasteiger partial charge < -0.3 is 0 Å². The van der Waals surface area contributed by atoms with Crippen molar-refractivity contribution in [1.29, 1.82) is 0 Å². The minimum absolute atomic E-state index is 0.839. The predicted molar refractivity (Wildman–Crippen MR) is 59.6 cm³/mol. The van der Waals surface area contributed by atoms with Gasteiger partial charge in [0.1, 0.15) is 0 Å². The third-order valence-corrected chi connectivity index (χ3v) is 4.29. The van der Waals surface area contributed by atoms with Gasteiger partial charge in [0.25, 0.3) is 0 Å². The van der Waals surface area contributed by atoms with Gasteiger partial charge in [-0.1, -0.05) is 30.2 Å². The van der Waals surface area contributed by atoms with E-state index in [0.29, 0.717) is 0 Å². The quantitative estimate of drug-likeness (QED) is 0.645. The smallest absolute Gasteiger partial charge is 0.0406 e. The Kier molecular flexibility index (Phi) is 2.05. The number of halogens is 1. The van der Waals surface area contributed by atoms with Crippen LogP contribution in [0.2, 0.25) is 5.02 Å². The molecule has 0 saturated heterocycles. The Morgan fingerprint density at radius 3 is 2.36 bits per heavy atom. The van der Waals surface area contributed by atoms with Crippen molar-refractivity contribution in [3.8, 4) is 0 Å². The molecule has 2 fully saturated rings. The van der Waals surface area contributed by atoms with E-state index in [9.17, 15) is 0 Å². The molecule has 0 N–H and O–H groups in total. The number of hydrogen-bond donors (Lipinski definition) is 0. The van der Waals surface area contributed by atoms with Crippen molar-refractivity contribution in [1.82, 2.24) is 0 Å². The SMILES string of the molecule is Clc1ccc(C2CC3CCC2C3)cc1. The van der Waals surface area contributed by atoms with Crippen LogP contribution < -0.4 is 0 Å². The van der Waals surface area contributed by atoms with Crippen molar-refractivity contribution >= 4 is 11.6 Å². The number of hydrogen-bond acceptors (Lipinski definition) is 0. The van der Waals surface area contributed by atoms with Gasteiger partial charge in [-0.15, -0.1) is 0 Å². The molecule has 2 aliphatic rings. The van der Waals surface area contributed by atoms with Crippen molar-refractivity contribution in [2.24, 2.45) is 11.8 Å². The topological polar surface area (TPSA) is 0 Å². The first kappa shape index (κ1) is 8.79. The first-order valence-corrected chi connectivity index (χ1v) is 5.96. The fourth-order valence-corrected chi connectivity index (χ4v) is 3.49. The van der Waals surface area contributed by atoms with Gasteiger partial charge >= 0.3 is 0 Å². The van der Waals surface area contributed by atoms with Gasteiger partial charge in [-0.2, -0.15) is 0 Å². The number of fused-ring (bicyclic) bond motifs is 2. The van der Waals surface area contributed by atoms with E-state index in [1.165, 1.54) is 31.2 Å². The Morgan fingerprint density at radius 2 is 1.79 bits per heavy atom. The summed E-state index contributed by atoms with van der Waals surface area (Å²) in [5.74, 6) is 2.84. The normalized spacial score (nSPS) is 35.1. The maximum absolute atomic E-state index is 5.90. The summed E-state index contributed by atoms with van der Waals surface area (Å²) >= 11 is 5.90. The van der Waals surface area contributed by atoms with Crippen molar-refractivity contribution in [3.05, 3.63) is 34.9 Å². The van der Waals surface area contributed by atoms with Crippen LogP contribution in [0.1, 0.15) is 37.2 Å². The molecular weight excluding hydrogens is 192 g/mol. The third kappa shape index (κ3) is 1.37. The van der Waals surface area contributed by atoms with Crippen LogP contribution in [-0.2, 0) is 0 Å². The highest BCUT2D eigenvalue weighted by Crippen LogP contribution is 2.52. The molecular formula is C13H15Cl. The summed E-state index contributed by atoms with van der Waals surface area (Å²) in [6.07, 6.45) is 5.84. The average Bonchev–Trinajstić information content (AvgIpc) is 2.80. The highest BCUT2D eigenvalue weighted by atomic mass is 35.5. The average molecular weight is 207 g/mol. The van der Waals surface area contributed by atoms with Crippen LogP contribution in [0.25, 0.3) is 0 Å². The second-order valence-corrected chi connectivity index (χ2v) is 5.27. The van der Waals surface area contributed by atoms with Crippen LogP contribution >= 0.6 is 11.6 Å². The predicted octanol–water partition coefficient (Wildman–Crippen LogP) is 4.24. The Labute approximate surface area is 90.3 Å². The summed E-state index contributed by atoms with van der Waals surface area (Å²) in [5.41, 5.74) is 1.52. The van der Waals surface area contributed by atoms with Crippen LogP contribution in [0.3, 0.4) is 0 Å². The van der Waals surface area contributed by atoms with E-state index in [-0.39, 0.29) is 0 Å². The largest absolute Gasteiger partial charge is 0.0843 e. The molecule has 1 aromatic carbocycles. The fraction of sp³-hybridized carbons (Fsp3) is 0.538. The first-order valence-electron chi connectivity index (χ1n) is 5.58. The maximum atomic E-state index is 5.90. The van der Waals surface area contributed by atoms with Crippen LogP contribution in [0.4, 0.5) is 0 Å². The standard InChI is InChI=1S/C13H15Cl/c14-12-5-3-10(4-6-12)13-8-9-1-2-11(13)7-9/h3-6,9,11,13H,1-2,7-8H2. The van der Waals surface area contributed by atoms with Gasteiger partial charge in [0.2, 0.25) is 0 Å². The van der Waals surface area contributed by atoms with Crippen molar-refractivity contribution in [2.45, 2.75) is 31.6 Å². The fourth-order valence-electron chi connectivity index (χ4n) is 3.36. The lowest BCUT2D eigenvalue weighted by Crippen LogP contribution is -2.07. The van der Waals surface area contributed by atoms with Gasteiger partial charge in [0.05, 0.1) is 0 Å². The molecule has 0 nitrogen and oxygen atoms in total. The zero-order valence-electron chi connectivity index (χ0n) is 8.25. The third-order valence-electron chi connectivity index (χ3n) is 4.04. The molecule has 74 valence electrons. The van der Waals surface area contributed by atoms with Crippen LogP contribution in [-0.4, -0.2) is 0 Å². The molecule has 0 amide bonds. The molecule has 1 aromatic rings. The summed E-state index contributed by atoms with van der Waals surface area (Å²) in [7, 11) is 0. The Balaban J connectivity index is 1.86. The van der Waals surface area contributed by atoms with Gasteiger partial charge in [-0.3, -0.25) is 0 Å². The second-order valence-electron chi connectivity index (χ2n) is 4.83. The maximum Gasteiger partial charge on any atom is 0.0406 e. The van der Waals surface area contributed by atoms with Gasteiger partial charge in [0, 0.05) is 5.02 Å². The molecule has 0 radical (unpaired) electrons. The molecule has 0 aliphatic heterocycles. The van der Waals surface area contributed by atoms with Crippen molar-refractivity contribution < 1.29 is 0 Å². The molecule has 3 rings (SSSR count). The van der Waals surface area contributed by atoms with Crippen LogP contribution in [0.15, 0.2) is 24.3 Å². The molecule has 2 aliphatic carbocycles. The van der Waals surface area contributed by atoms with E-state index in [4.69, 9.17) is 11.6 Å². The Bertz CT molecular complexity index is 328. The van der Waals surface area contributed by atoms with E-state index < -0.39 is 0 Å². The van der Waals surface area contributed by atoms with Gasteiger partial charge in [-0.25, -0.2) is 0 Å². The molecule has 0 spiro atoms. The summed E-state index contributed by atoms with van der Waals surface area (Å²) in [5, 5.41) is 0.858. The molecule has 14 heavy (non-hydrogen) atoms. The minimum Gasteiger partial charge on any atom is -0.0843 e. The molecule has 0 aromatic heterocycles. The van der Waals surface area contributed by atoms with E-state index in [1.807, 2.05) is 12.1 Å². The van der Waals surface area contributed by atoms with Crippen LogP contribution in [0, 0.1) is 11.8 Å². The summed E-state index contributed by atoms with van der Waals surface area (Å²) in [4.78, 5) is 0. The first-order chi connectivity index (χ1) is 6.83. The van der Waals surface area contributed by atoms with Crippen LogP contribution in [0.5, 0.6) is 0 Å². The lowest BCUT2D eigenvalue weighted by molar-refractivity contribution is 0.420. The molecule has 2 bridgehead atoms. The number of benzene rings is 1. The lowest BCUT2D eigenvalue weighted by Gasteiger charge is -2.21. The monoisotopic (exact) mass is 206 g/mol. The lowest BCUT2D eigenvalue weighted by atomic mass is 9.83. The molecule has 2 saturated carbocycles. The summed E-state index contributed by atoms with van der Waals surface area (Å²) in [6.45, 7) is 0. The molecule has 0 heterocycles. The Morgan fingerprint density at radius 1 is 1.00 bits per heavy atom. The highest BCUT2D eigenvalue weighted by molar-refractivity contribution is 6.30. The van der Waals surface area contributed by atoms with E-state index in [1.54, 1.807) is 0 Å². The number of rotatable bonds is 1. The van der Waals surface area contributed by atoms with E-state index in [2.05, 4.69) is 12.1 Å². The summed E-state index contributed by atoms with van der Waals surface area (Å²) < 4.78 is 0. The van der Waals surface area contributed by atoms with Gasteiger partial charge in [0.15, 0.2) is 0 Å². The van der Waals surface area contributed by atoms with E-state index >= 15 is 0 Å². The van der Waals surface area contributed by atoms with Gasteiger partial charge in [-0.05, 0) is 54.7 Å². The highest BCUT2D eigenvalue weighted by Gasteiger charge is 2.39. The zero-order valence-corrected chi connectivity index (χ0v) is 9.00. The zero-order chi connectivity index (χ0) is 9.54. The minimum atomic E-state index is 0.839. The molecule has 3 unspecified atom stereocenters. The molecule has 1 heteroatoms. The van der Waals surface area contributed by atoms with Crippen molar-refractivity contribution in [2.75, 3.05) is 0 Å².